The van der Waals surface area contributed by atoms with Crippen LogP contribution in [0.25, 0.3) is 0 Å². The number of aromatic hydroxyl groups is 1. The minimum atomic E-state index is -0.132. The molecule has 88 valence electrons. The molecule has 0 bridgehead atoms. The van der Waals surface area contributed by atoms with Crippen LogP contribution >= 0.6 is 0 Å². The zero-order valence-corrected chi connectivity index (χ0v) is 9.85. The normalized spacial score (nSPS) is 10.5. The van der Waals surface area contributed by atoms with Crippen molar-refractivity contribution in [1.82, 2.24) is 0 Å². The third kappa shape index (κ3) is 2.66. The molecule has 2 nitrogen and oxygen atoms in total. The van der Waals surface area contributed by atoms with Crippen molar-refractivity contribution in [1.29, 1.82) is 0 Å². The lowest BCUT2D eigenvalue weighted by atomic mass is 9.99. The number of rotatable bonds is 3. The minimum Gasteiger partial charge on any atom is -0.508 e. The smallest absolute Gasteiger partial charge is 0.121 e. The van der Waals surface area contributed by atoms with Crippen molar-refractivity contribution >= 4 is 0 Å². The van der Waals surface area contributed by atoms with Crippen molar-refractivity contribution in [2.24, 2.45) is 0 Å². The lowest BCUT2D eigenvalue weighted by molar-refractivity contribution is 0.275. The summed E-state index contributed by atoms with van der Waals surface area (Å²) in [5.41, 5.74) is 4.20. The van der Waals surface area contributed by atoms with Crippen molar-refractivity contribution in [3.8, 4) is 5.75 Å². The highest BCUT2D eigenvalue weighted by Gasteiger charge is 2.04. The van der Waals surface area contributed by atoms with Crippen LogP contribution in [0.3, 0.4) is 0 Å². The maximum atomic E-state index is 9.50. The average molecular weight is 228 g/mol. The first kappa shape index (κ1) is 11.7. The predicted molar refractivity (Wildman–Crippen MR) is 68.0 cm³/mol. The summed E-state index contributed by atoms with van der Waals surface area (Å²) in [6.07, 6.45) is 0.819. The second kappa shape index (κ2) is 5.02. The Kier molecular flexibility index (Phi) is 3.45. The largest absolute Gasteiger partial charge is 0.508 e. The zero-order valence-electron chi connectivity index (χ0n) is 9.85. The lowest BCUT2D eigenvalue weighted by Crippen LogP contribution is -1.93. The summed E-state index contributed by atoms with van der Waals surface area (Å²) < 4.78 is 0. The van der Waals surface area contributed by atoms with E-state index in [4.69, 9.17) is 5.11 Å². The summed E-state index contributed by atoms with van der Waals surface area (Å²) >= 11 is 0. The molecule has 0 atom stereocenters. The second-order valence-electron chi connectivity index (χ2n) is 4.22. The van der Waals surface area contributed by atoms with E-state index in [0.717, 1.165) is 12.0 Å². The first-order valence-corrected chi connectivity index (χ1v) is 5.67. The molecule has 0 saturated carbocycles. The molecule has 0 aliphatic rings. The summed E-state index contributed by atoms with van der Waals surface area (Å²) in [6, 6.07) is 13.6. The molecule has 0 fully saturated rings. The van der Waals surface area contributed by atoms with Crippen molar-refractivity contribution < 1.29 is 10.2 Å². The Morgan fingerprint density at radius 2 is 1.76 bits per heavy atom. The molecular formula is C15H16O2. The summed E-state index contributed by atoms with van der Waals surface area (Å²) in [5, 5.41) is 18.6. The molecule has 2 aromatic rings. The SMILES string of the molecule is Cc1ccccc1Cc1ccc(O)c(CO)c1. The van der Waals surface area contributed by atoms with Gasteiger partial charge in [0.2, 0.25) is 0 Å². The monoisotopic (exact) mass is 228 g/mol. The van der Waals surface area contributed by atoms with Gasteiger partial charge in [0.15, 0.2) is 0 Å². The fourth-order valence-corrected chi connectivity index (χ4v) is 1.90. The zero-order chi connectivity index (χ0) is 12.3. The van der Waals surface area contributed by atoms with Gasteiger partial charge in [-0.15, -0.1) is 0 Å². The molecule has 17 heavy (non-hydrogen) atoms. The van der Waals surface area contributed by atoms with Gasteiger partial charge in [0.05, 0.1) is 6.61 Å². The highest BCUT2D eigenvalue weighted by atomic mass is 16.3. The molecule has 0 aliphatic heterocycles. The lowest BCUT2D eigenvalue weighted by Gasteiger charge is -2.08. The predicted octanol–water partition coefficient (Wildman–Crippen LogP) is 2.78. The van der Waals surface area contributed by atoms with E-state index in [-0.39, 0.29) is 12.4 Å². The quantitative estimate of drug-likeness (QED) is 0.848. The van der Waals surface area contributed by atoms with E-state index < -0.39 is 0 Å². The first-order chi connectivity index (χ1) is 8.20. The van der Waals surface area contributed by atoms with Gasteiger partial charge in [-0.2, -0.15) is 0 Å². The van der Waals surface area contributed by atoms with Gasteiger partial charge < -0.3 is 10.2 Å². The van der Waals surface area contributed by atoms with E-state index in [2.05, 4.69) is 19.1 Å². The molecule has 2 N–H and O–H groups in total. The molecular weight excluding hydrogens is 212 g/mol. The van der Waals surface area contributed by atoms with Gasteiger partial charge in [0, 0.05) is 5.56 Å². The summed E-state index contributed by atoms with van der Waals surface area (Å²) in [4.78, 5) is 0. The van der Waals surface area contributed by atoms with Crippen LogP contribution in [0.4, 0.5) is 0 Å². The summed E-state index contributed by atoms with van der Waals surface area (Å²) in [6.45, 7) is 1.95. The second-order valence-corrected chi connectivity index (χ2v) is 4.22. The molecule has 0 saturated heterocycles. The van der Waals surface area contributed by atoms with Crippen LogP contribution in [0.15, 0.2) is 42.5 Å². The van der Waals surface area contributed by atoms with E-state index in [1.54, 1.807) is 6.07 Å². The van der Waals surface area contributed by atoms with E-state index >= 15 is 0 Å². The van der Waals surface area contributed by atoms with Crippen molar-refractivity contribution in [3.63, 3.8) is 0 Å². The van der Waals surface area contributed by atoms with Crippen LogP contribution in [0.5, 0.6) is 5.75 Å². The highest BCUT2D eigenvalue weighted by molar-refractivity contribution is 5.39. The molecule has 0 aromatic heterocycles. The Labute approximate surface area is 101 Å². The van der Waals surface area contributed by atoms with E-state index in [0.29, 0.717) is 5.56 Å². The van der Waals surface area contributed by atoms with E-state index in [1.165, 1.54) is 11.1 Å². The third-order valence-electron chi connectivity index (χ3n) is 2.97. The maximum Gasteiger partial charge on any atom is 0.121 e. The molecule has 0 aliphatic carbocycles. The molecule has 2 rings (SSSR count). The van der Waals surface area contributed by atoms with Crippen LogP contribution < -0.4 is 0 Å². The van der Waals surface area contributed by atoms with Gasteiger partial charge in [0.25, 0.3) is 0 Å². The highest BCUT2D eigenvalue weighted by Crippen LogP contribution is 2.21. The Hall–Kier alpha value is -1.80. The molecule has 0 spiro atoms. The number of aryl methyl sites for hydroxylation is 1. The van der Waals surface area contributed by atoms with Crippen molar-refractivity contribution in [2.75, 3.05) is 0 Å². The fourth-order valence-electron chi connectivity index (χ4n) is 1.90. The Morgan fingerprint density at radius 3 is 2.47 bits per heavy atom. The topological polar surface area (TPSA) is 40.5 Å². The molecule has 0 amide bonds. The Balaban J connectivity index is 2.28. The molecule has 2 heteroatoms. The van der Waals surface area contributed by atoms with Crippen molar-refractivity contribution in [2.45, 2.75) is 20.0 Å². The molecule has 0 unspecified atom stereocenters. The van der Waals surface area contributed by atoms with Gasteiger partial charge >= 0.3 is 0 Å². The molecule has 2 aromatic carbocycles. The van der Waals surface area contributed by atoms with Crippen LogP contribution in [-0.2, 0) is 13.0 Å². The van der Waals surface area contributed by atoms with E-state index in [1.807, 2.05) is 24.3 Å². The van der Waals surface area contributed by atoms with Gasteiger partial charge in [0.1, 0.15) is 5.75 Å². The van der Waals surface area contributed by atoms with Gasteiger partial charge in [-0.3, -0.25) is 0 Å². The van der Waals surface area contributed by atoms with Crippen LogP contribution in [0.2, 0.25) is 0 Å². The number of benzene rings is 2. The minimum absolute atomic E-state index is 0.132. The van der Waals surface area contributed by atoms with E-state index in [9.17, 15) is 5.11 Å². The Bertz CT molecular complexity index is 518. The van der Waals surface area contributed by atoms with Crippen LogP contribution in [0.1, 0.15) is 22.3 Å². The number of aliphatic hydroxyl groups is 1. The summed E-state index contributed by atoms with van der Waals surface area (Å²) in [5.74, 6) is 0.154. The standard InChI is InChI=1S/C15H16O2/c1-11-4-2-3-5-13(11)8-12-6-7-15(17)14(9-12)10-16/h2-7,9,16-17H,8,10H2,1H3. The van der Waals surface area contributed by atoms with Crippen LogP contribution in [-0.4, -0.2) is 10.2 Å². The van der Waals surface area contributed by atoms with Gasteiger partial charge in [-0.05, 0) is 42.2 Å². The summed E-state index contributed by atoms with van der Waals surface area (Å²) in [7, 11) is 0. The number of aliphatic hydroxyl groups excluding tert-OH is 1. The number of hydrogen-bond acceptors (Lipinski definition) is 2. The van der Waals surface area contributed by atoms with Gasteiger partial charge in [-0.25, -0.2) is 0 Å². The molecule has 0 heterocycles. The molecule has 0 radical (unpaired) electrons. The first-order valence-electron chi connectivity index (χ1n) is 5.67. The number of phenols is 1. The maximum absolute atomic E-state index is 9.50. The average Bonchev–Trinajstić information content (AvgIpc) is 2.34. The van der Waals surface area contributed by atoms with Gasteiger partial charge in [-0.1, -0.05) is 30.3 Å². The Morgan fingerprint density at radius 1 is 1.00 bits per heavy atom. The third-order valence-corrected chi connectivity index (χ3v) is 2.97. The van der Waals surface area contributed by atoms with Crippen molar-refractivity contribution in [3.05, 3.63) is 64.7 Å². The van der Waals surface area contributed by atoms with Crippen LogP contribution in [0, 0.1) is 6.92 Å². The fraction of sp³-hybridized carbons (Fsp3) is 0.200. The number of hydrogen-bond donors (Lipinski definition) is 2.